The molecule has 1 saturated heterocycles. The molecule has 2 aromatic rings. The van der Waals surface area contributed by atoms with E-state index in [4.69, 9.17) is 0 Å². The third-order valence-corrected chi connectivity index (χ3v) is 3.80. The lowest BCUT2D eigenvalue weighted by Crippen LogP contribution is -2.50. The van der Waals surface area contributed by atoms with E-state index < -0.39 is 0 Å². The Labute approximate surface area is 122 Å². The number of aromatic amines is 1. The van der Waals surface area contributed by atoms with Crippen molar-refractivity contribution in [3.8, 4) is 0 Å². The van der Waals surface area contributed by atoms with Crippen LogP contribution in [0.25, 0.3) is 0 Å². The number of nitrogens with one attached hydrogen (secondary N) is 1. The summed E-state index contributed by atoms with van der Waals surface area (Å²) in [5.74, 6) is 0.984. The lowest BCUT2D eigenvalue weighted by atomic mass is 10.2. The molecule has 112 valence electrons. The summed E-state index contributed by atoms with van der Waals surface area (Å²) in [5, 5.41) is 10.8. The molecule has 21 heavy (non-hydrogen) atoms. The van der Waals surface area contributed by atoms with E-state index in [0.717, 1.165) is 38.5 Å². The standard InChI is InChI=1S/C13H19N7O/c1-11(20-4-2-3-16-20)13(21)19-7-5-18(6-8-19)9-12-14-10-15-17-12/h2-4,10-11H,5-9H2,1H3,(H,14,15,17). The maximum atomic E-state index is 12.4. The van der Waals surface area contributed by atoms with Crippen molar-refractivity contribution in [2.75, 3.05) is 26.2 Å². The van der Waals surface area contributed by atoms with Gasteiger partial charge in [-0.2, -0.15) is 10.2 Å². The average Bonchev–Trinajstić information content (AvgIpc) is 3.20. The molecule has 1 amide bonds. The molecule has 0 aliphatic carbocycles. The van der Waals surface area contributed by atoms with Crippen molar-refractivity contribution < 1.29 is 4.79 Å². The average molecular weight is 289 g/mol. The minimum Gasteiger partial charge on any atom is -0.338 e. The molecule has 0 saturated carbocycles. The zero-order valence-electron chi connectivity index (χ0n) is 12.0. The van der Waals surface area contributed by atoms with Crippen molar-refractivity contribution in [1.29, 1.82) is 0 Å². The van der Waals surface area contributed by atoms with E-state index in [0.29, 0.717) is 0 Å². The van der Waals surface area contributed by atoms with Crippen LogP contribution < -0.4 is 0 Å². The molecule has 2 aromatic heterocycles. The van der Waals surface area contributed by atoms with Crippen LogP contribution in [0.5, 0.6) is 0 Å². The fourth-order valence-electron chi connectivity index (χ4n) is 2.53. The van der Waals surface area contributed by atoms with Gasteiger partial charge >= 0.3 is 0 Å². The SMILES string of the molecule is CC(C(=O)N1CCN(Cc2ncn[nH]2)CC1)n1cccn1. The number of hydrogen-bond acceptors (Lipinski definition) is 5. The normalized spacial score (nSPS) is 17.9. The van der Waals surface area contributed by atoms with Crippen LogP contribution in [0.3, 0.4) is 0 Å². The van der Waals surface area contributed by atoms with E-state index in [1.165, 1.54) is 6.33 Å². The van der Waals surface area contributed by atoms with E-state index in [1.807, 2.05) is 24.1 Å². The van der Waals surface area contributed by atoms with Crippen molar-refractivity contribution >= 4 is 5.91 Å². The largest absolute Gasteiger partial charge is 0.338 e. The van der Waals surface area contributed by atoms with Gasteiger partial charge in [-0.15, -0.1) is 0 Å². The number of H-pyrrole nitrogens is 1. The number of hydrogen-bond donors (Lipinski definition) is 1. The van der Waals surface area contributed by atoms with Gasteiger partial charge in [0.1, 0.15) is 18.2 Å². The van der Waals surface area contributed by atoms with Crippen LogP contribution in [0.4, 0.5) is 0 Å². The first-order chi connectivity index (χ1) is 10.2. The van der Waals surface area contributed by atoms with Crippen LogP contribution in [0.2, 0.25) is 0 Å². The first kappa shape index (κ1) is 13.7. The first-order valence-corrected chi connectivity index (χ1v) is 7.08. The highest BCUT2D eigenvalue weighted by Crippen LogP contribution is 2.12. The molecule has 1 aliphatic heterocycles. The molecular weight excluding hydrogens is 270 g/mol. The van der Waals surface area contributed by atoms with E-state index in [9.17, 15) is 4.79 Å². The molecule has 0 aromatic carbocycles. The quantitative estimate of drug-likeness (QED) is 0.850. The van der Waals surface area contributed by atoms with Gasteiger partial charge in [-0.1, -0.05) is 0 Å². The lowest BCUT2D eigenvalue weighted by molar-refractivity contribution is -0.136. The summed E-state index contributed by atoms with van der Waals surface area (Å²) >= 11 is 0. The Morgan fingerprint density at radius 3 is 2.81 bits per heavy atom. The van der Waals surface area contributed by atoms with E-state index >= 15 is 0 Å². The fraction of sp³-hybridized carbons (Fsp3) is 0.538. The summed E-state index contributed by atoms with van der Waals surface area (Å²) in [6.07, 6.45) is 5.03. The second-order valence-electron chi connectivity index (χ2n) is 5.20. The van der Waals surface area contributed by atoms with Crippen molar-refractivity contribution in [2.24, 2.45) is 0 Å². The van der Waals surface area contributed by atoms with Crippen LogP contribution in [0.1, 0.15) is 18.8 Å². The highest BCUT2D eigenvalue weighted by atomic mass is 16.2. The monoisotopic (exact) mass is 289 g/mol. The number of amides is 1. The predicted octanol–water partition coefficient (Wildman–Crippen LogP) is -0.0934. The molecule has 0 bridgehead atoms. The van der Waals surface area contributed by atoms with E-state index in [-0.39, 0.29) is 11.9 Å². The van der Waals surface area contributed by atoms with Gasteiger partial charge in [-0.05, 0) is 13.0 Å². The molecule has 0 radical (unpaired) electrons. The number of carbonyl (C=O) groups excluding carboxylic acids is 1. The summed E-state index contributed by atoms with van der Waals surface area (Å²) in [6, 6.07) is 1.58. The van der Waals surface area contributed by atoms with Gasteiger partial charge in [0, 0.05) is 38.6 Å². The smallest absolute Gasteiger partial charge is 0.247 e. The Bertz CT molecular complexity index is 557. The molecular formula is C13H19N7O. The topological polar surface area (TPSA) is 82.9 Å². The van der Waals surface area contributed by atoms with E-state index in [2.05, 4.69) is 25.2 Å². The Hall–Kier alpha value is -2.22. The van der Waals surface area contributed by atoms with Crippen LogP contribution in [0.15, 0.2) is 24.8 Å². The number of nitrogens with zero attached hydrogens (tertiary/aromatic N) is 6. The first-order valence-electron chi connectivity index (χ1n) is 7.08. The number of rotatable bonds is 4. The van der Waals surface area contributed by atoms with Crippen LogP contribution in [-0.4, -0.2) is 66.8 Å². The Morgan fingerprint density at radius 1 is 1.38 bits per heavy atom. The van der Waals surface area contributed by atoms with Crippen LogP contribution in [-0.2, 0) is 11.3 Å². The zero-order chi connectivity index (χ0) is 14.7. The Kier molecular flexibility index (Phi) is 3.96. The van der Waals surface area contributed by atoms with Crippen LogP contribution >= 0.6 is 0 Å². The maximum Gasteiger partial charge on any atom is 0.247 e. The molecule has 8 nitrogen and oxygen atoms in total. The number of piperazine rings is 1. The second-order valence-corrected chi connectivity index (χ2v) is 5.20. The molecule has 8 heteroatoms. The van der Waals surface area contributed by atoms with Gasteiger partial charge in [-0.25, -0.2) is 4.98 Å². The summed E-state index contributed by atoms with van der Waals surface area (Å²) in [5.41, 5.74) is 0. The molecule has 3 heterocycles. The second kappa shape index (κ2) is 6.04. The molecule has 1 atom stereocenters. The molecule has 1 fully saturated rings. The molecule has 3 rings (SSSR count). The van der Waals surface area contributed by atoms with Gasteiger partial charge in [0.15, 0.2) is 0 Å². The fourth-order valence-corrected chi connectivity index (χ4v) is 2.53. The predicted molar refractivity (Wildman–Crippen MR) is 75.2 cm³/mol. The van der Waals surface area contributed by atoms with Crippen molar-refractivity contribution in [1.82, 2.24) is 34.8 Å². The summed E-state index contributed by atoms with van der Waals surface area (Å²) < 4.78 is 1.70. The Balaban J connectivity index is 1.52. The van der Waals surface area contributed by atoms with Crippen molar-refractivity contribution in [3.05, 3.63) is 30.6 Å². The van der Waals surface area contributed by atoms with Gasteiger partial charge in [-0.3, -0.25) is 19.5 Å². The molecule has 1 unspecified atom stereocenters. The van der Waals surface area contributed by atoms with Gasteiger partial charge in [0.25, 0.3) is 0 Å². The lowest BCUT2D eigenvalue weighted by Gasteiger charge is -2.35. The number of aromatic nitrogens is 5. The third-order valence-electron chi connectivity index (χ3n) is 3.80. The van der Waals surface area contributed by atoms with E-state index in [1.54, 1.807) is 10.9 Å². The third kappa shape index (κ3) is 3.10. The van der Waals surface area contributed by atoms with Gasteiger partial charge in [0.05, 0.1) is 6.54 Å². The number of carbonyl (C=O) groups is 1. The maximum absolute atomic E-state index is 12.4. The molecule has 0 spiro atoms. The van der Waals surface area contributed by atoms with Crippen molar-refractivity contribution in [2.45, 2.75) is 19.5 Å². The van der Waals surface area contributed by atoms with Gasteiger partial charge in [0.2, 0.25) is 5.91 Å². The minimum atomic E-state index is -0.249. The van der Waals surface area contributed by atoms with Gasteiger partial charge < -0.3 is 4.90 Å². The molecule has 1 aliphatic rings. The van der Waals surface area contributed by atoms with Crippen LogP contribution in [0, 0.1) is 0 Å². The summed E-state index contributed by atoms with van der Waals surface area (Å²) in [4.78, 5) is 20.7. The summed E-state index contributed by atoms with van der Waals surface area (Å²) in [6.45, 7) is 5.79. The highest BCUT2D eigenvalue weighted by Gasteiger charge is 2.26. The highest BCUT2D eigenvalue weighted by molar-refractivity contribution is 5.80. The summed E-state index contributed by atoms with van der Waals surface area (Å²) in [7, 11) is 0. The minimum absolute atomic E-state index is 0.123. The molecule has 1 N–H and O–H groups in total. The zero-order valence-corrected chi connectivity index (χ0v) is 12.0. The van der Waals surface area contributed by atoms with Crippen molar-refractivity contribution in [3.63, 3.8) is 0 Å². The Morgan fingerprint density at radius 2 is 2.19 bits per heavy atom.